The molecule has 1 aliphatic heterocycles. The SMILES string of the molecule is C[Si](C)(C)C/C=C/C1(CCO)C(=O)N(Cc2ccccc2)c2ccccc21. The van der Waals surface area contributed by atoms with Crippen LogP contribution in [0.1, 0.15) is 17.5 Å². The minimum Gasteiger partial charge on any atom is -0.396 e. The van der Waals surface area contributed by atoms with E-state index in [1.807, 2.05) is 59.5 Å². The number of rotatable bonds is 7. The standard InChI is InChI=1S/C23H29NO2Si/c1-27(2,3)17-9-14-23(15-16-25)20-12-7-8-13-21(20)24(22(23)26)18-19-10-5-4-6-11-19/h4-14,25H,15-18H2,1-3H3/b14-9+. The van der Waals surface area contributed by atoms with Gasteiger partial charge in [0.2, 0.25) is 5.91 Å². The van der Waals surface area contributed by atoms with Gasteiger partial charge in [-0.15, -0.1) is 0 Å². The van der Waals surface area contributed by atoms with Gasteiger partial charge in [0.05, 0.1) is 12.0 Å². The molecule has 142 valence electrons. The number of aliphatic hydroxyl groups is 1. The van der Waals surface area contributed by atoms with E-state index >= 15 is 0 Å². The molecule has 1 unspecified atom stereocenters. The molecule has 3 rings (SSSR count). The first-order valence-corrected chi connectivity index (χ1v) is 13.3. The predicted octanol–water partition coefficient (Wildman–Crippen LogP) is 4.75. The van der Waals surface area contributed by atoms with Gasteiger partial charge in [-0.3, -0.25) is 4.79 Å². The number of para-hydroxylation sites is 1. The Morgan fingerprint density at radius 3 is 2.37 bits per heavy atom. The Balaban J connectivity index is 2.02. The molecule has 1 heterocycles. The fourth-order valence-electron chi connectivity index (χ4n) is 3.75. The molecule has 0 spiro atoms. The topological polar surface area (TPSA) is 40.5 Å². The molecule has 3 nitrogen and oxygen atoms in total. The van der Waals surface area contributed by atoms with Gasteiger partial charge in [-0.05, 0) is 29.7 Å². The van der Waals surface area contributed by atoms with E-state index in [0.717, 1.165) is 22.9 Å². The second-order valence-electron chi connectivity index (χ2n) is 8.51. The highest BCUT2D eigenvalue weighted by molar-refractivity contribution is 6.76. The highest BCUT2D eigenvalue weighted by Gasteiger charge is 2.48. The van der Waals surface area contributed by atoms with Crippen molar-refractivity contribution < 1.29 is 9.90 Å². The maximum absolute atomic E-state index is 13.6. The van der Waals surface area contributed by atoms with E-state index in [2.05, 4.69) is 31.8 Å². The minimum atomic E-state index is -1.25. The van der Waals surface area contributed by atoms with Crippen molar-refractivity contribution in [1.82, 2.24) is 0 Å². The number of hydrogen-bond donors (Lipinski definition) is 1. The lowest BCUT2D eigenvalue weighted by Crippen LogP contribution is -2.39. The molecule has 2 aromatic carbocycles. The van der Waals surface area contributed by atoms with E-state index < -0.39 is 13.5 Å². The molecule has 4 heteroatoms. The summed E-state index contributed by atoms with van der Waals surface area (Å²) in [6.07, 6.45) is 4.65. The average molecular weight is 380 g/mol. The number of fused-ring (bicyclic) bond motifs is 1. The monoisotopic (exact) mass is 379 g/mol. The molecule has 1 atom stereocenters. The summed E-state index contributed by atoms with van der Waals surface area (Å²) in [7, 11) is -1.25. The van der Waals surface area contributed by atoms with Crippen molar-refractivity contribution in [2.24, 2.45) is 0 Å². The molecule has 0 aliphatic carbocycles. The van der Waals surface area contributed by atoms with Crippen molar-refractivity contribution in [3.63, 3.8) is 0 Å². The predicted molar refractivity (Wildman–Crippen MR) is 115 cm³/mol. The third-order valence-electron chi connectivity index (χ3n) is 5.12. The van der Waals surface area contributed by atoms with Gasteiger partial charge in [0, 0.05) is 20.4 Å². The number of anilines is 1. The molecule has 1 amide bonds. The summed E-state index contributed by atoms with van der Waals surface area (Å²) < 4.78 is 0. The van der Waals surface area contributed by atoms with Gasteiger partial charge in [-0.1, -0.05) is 80.3 Å². The van der Waals surface area contributed by atoms with Crippen LogP contribution in [-0.4, -0.2) is 25.7 Å². The molecule has 1 aliphatic rings. The van der Waals surface area contributed by atoms with Gasteiger partial charge in [-0.2, -0.15) is 0 Å². The zero-order valence-corrected chi connectivity index (χ0v) is 17.5. The van der Waals surface area contributed by atoms with Gasteiger partial charge in [0.1, 0.15) is 0 Å². The first kappa shape index (κ1) is 19.6. The Bertz CT molecular complexity index is 826. The Kier molecular flexibility index (Phi) is 5.68. The number of amides is 1. The summed E-state index contributed by atoms with van der Waals surface area (Å²) >= 11 is 0. The van der Waals surface area contributed by atoms with Gasteiger partial charge in [0.15, 0.2) is 0 Å². The average Bonchev–Trinajstić information content (AvgIpc) is 2.85. The van der Waals surface area contributed by atoms with Crippen molar-refractivity contribution >= 4 is 19.7 Å². The van der Waals surface area contributed by atoms with Crippen molar-refractivity contribution in [3.05, 3.63) is 77.9 Å². The maximum atomic E-state index is 13.6. The highest BCUT2D eigenvalue weighted by atomic mass is 28.3. The van der Waals surface area contributed by atoms with E-state index in [-0.39, 0.29) is 12.5 Å². The fourth-order valence-corrected chi connectivity index (χ4v) is 4.58. The van der Waals surface area contributed by atoms with E-state index in [9.17, 15) is 9.90 Å². The van der Waals surface area contributed by atoms with E-state index in [0.29, 0.717) is 13.0 Å². The third kappa shape index (κ3) is 4.07. The summed E-state index contributed by atoms with van der Waals surface area (Å²) in [5.41, 5.74) is 2.30. The fraction of sp³-hybridized carbons (Fsp3) is 0.348. The van der Waals surface area contributed by atoms with Gasteiger partial charge < -0.3 is 10.0 Å². The van der Waals surface area contributed by atoms with Crippen LogP contribution in [0.15, 0.2) is 66.7 Å². The molecule has 0 radical (unpaired) electrons. The third-order valence-corrected chi connectivity index (χ3v) is 6.58. The minimum absolute atomic E-state index is 0.0173. The number of benzene rings is 2. The maximum Gasteiger partial charge on any atom is 0.241 e. The quantitative estimate of drug-likeness (QED) is 0.557. The number of carbonyl (C=O) groups is 1. The molecule has 0 saturated carbocycles. The molecule has 0 aromatic heterocycles. The highest BCUT2D eigenvalue weighted by Crippen LogP contribution is 2.45. The molecule has 0 fully saturated rings. The largest absolute Gasteiger partial charge is 0.396 e. The normalized spacial score (nSPS) is 19.7. The van der Waals surface area contributed by atoms with E-state index in [1.165, 1.54) is 0 Å². The lowest BCUT2D eigenvalue weighted by Gasteiger charge is -2.26. The zero-order chi connectivity index (χ0) is 19.5. The molecule has 0 saturated heterocycles. The number of nitrogens with zero attached hydrogens (tertiary/aromatic N) is 1. The summed E-state index contributed by atoms with van der Waals surface area (Å²) in [5.74, 6) is 0.0634. The van der Waals surface area contributed by atoms with Gasteiger partial charge in [0.25, 0.3) is 0 Å². The van der Waals surface area contributed by atoms with Gasteiger partial charge >= 0.3 is 0 Å². The number of allylic oxidation sites excluding steroid dienone is 1. The van der Waals surface area contributed by atoms with Crippen molar-refractivity contribution in [3.8, 4) is 0 Å². The molecule has 0 bridgehead atoms. The van der Waals surface area contributed by atoms with Crippen LogP contribution in [0.25, 0.3) is 0 Å². The Morgan fingerprint density at radius 2 is 1.70 bits per heavy atom. The van der Waals surface area contributed by atoms with Crippen LogP contribution >= 0.6 is 0 Å². The summed E-state index contributed by atoms with van der Waals surface area (Å²) in [6.45, 7) is 7.49. The number of hydrogen-bond acceptors (Lipinski definition) is 2. The molecule has 27 heavy (non-hydrogen) atoms. The second kappa shape index (κ2) is 7.83. The number of carbonyl (C=O) groups excluding carboxylic acids is 1. The van der Waals surface area contributed by atoms with Crippen LogP contribution in [0.2, 0.25) is 25.7 Å². The van der Waals surface area contributed by atoms with Crippen LogP contribution in [-0.2, 0) is 16.8 Å². The lowest BCUT2D eigenvalue weighted by atomic mass is 9.78. The Morgan fingerprint density at radius 1 is 1.04 bits per heavy atom. The van der Waals surface area contributed by atoms with Crippen LogP contribution in [0.3, 0.4) is 0 Å². The van der Waals surface area contributed by atoms with E-state index in [1.54, 1.807) is 0 Å². The zero-order valence-electron chi connectivity index (χ0n) is 16.5. The molecular formula is C23H29NO2Si. The first-order chi connectivity index (χ1) is 12.9. The van der Waals surface area contributed by atoms with Crippen molar-refractivity contribution in [2.45, 2.75) is 44.1 Å². The van der Waals surface area contributed by atoms with Crippen LogP contribution in [0.5, 0.6) is 0 Å². The Labute approximate surface area is 163 Å². The smallest absolute Gasteiger partial charge is 0.241 e. The summed E-state index contributed by atoms with van der Waals surface area (Å²) in [5, 5.41) is 9.77. The van der Waals surface area contributed by atoms with Crippen LogP contribution in [0, 0.1) is 0 Å². The van der Waals surface area contributed by atoms with Crippen LogP contribution in [0.4, 0.5) is 5.69 Å². The van der Waals surface area contributed by atoms with E-state index in [4.69, 9.17) is 0 Å². The number of aliphatic hydroxyl groups excluding tert-OH is 1. The lowest BCUT2D eigenvalue weighted by molar-refractivity contribution is -0.122. The molecular weight excluding hydrogens is 350 g/mol. The van der Waals surface area contributed by atoms with Crippen molar-refractivity contribution in [2.75, 3.05) is 11.5 Å². The molecule has 2 aromatic rings. The summed E-state index contributed by atoms with van der Waals surface area (Å²) in [4.78, 5) is 15.5. The van der Waals surface area contributed by atoms with Gasteiger partial charge in [-0.25, -0.2) is 0 Å². The van der Waals surface area contributed by atoms with Crippen LogP contribution < -0.4 is 4.90 Å². The first-order valence-electron chi connectivity index (χ1n) is 9.61. The summed E-state index contributed by atoms with van der Waals surface area (Å²) in [6, 6.07) is 19.1. The second-order valence-corrected chi connectivity index (χ2v) is 14.0. The van der Waals surface area contributed by atoms with Crippen molar-refractivity contribution in [1.29, 1.82) is 0 Å². The Hall–Kier alpha value is -2.17. The molecule has 1 N–H and O–H groups in total.